The predicted octanol–water partition coefficient (Wildman–Crippen LogP) is 3.52. The van der Waals surface area contributed by atoms with Crippen molar-refractivity contribution in [1.82, 2.24) is 5.32 Å². The molecule has 1 atom stereocenters. The number of benzene rings is 1. The minimum Gasteiger partial charge on any atom is -0.497 e. The smallest absolute Gasteiger partial charge is 0.119 e. The zero-order valence-electron chi connectivity index (χ0n) is 12.2. The fraction of sp³-hybridized carbons (Fsp3) is 0.375. The van der Waals surface area contributed by atoms with E-state index in [-0.39, 0.29) is 6.04 Å². The lowest BCUT2D eigenvalue weighted by atomic mass is 9.95. The van der Waals surface area contributed by atoms with Crippen molar-refractivity contribution in [2.24, 2.45) is 0 Å². The molecule has 19 heavy (non-hydrogen) atoms. The van der Waals surface area contributed by atoms with E-state index in [0.717, 1.165) is 17.3 Å². The number of methoxy groups -OCH3 is 1. The van der Waals surface area contributed by atoms with Gasteiger partial charge in [-0.05, 0) is 57.1 Å². The first-order valence-electron chi connectivity index (χ1n) is 6.45. The van der Waals surface area contributed by atoms with Crippen molar-refractivity contribution < 1.29 is 9.15 Å². The summed E-state index contributed by atoms with van der Waals surface area (Å²) in [6, 6.07) is 8.40. The SMILES string of the molecule is CNC(c1ccc(OC)cc1C)c1cc(C)oc1C. The molecule has 2 aromatic rings. The standard InChI is InChI=1S/C16H21NO2/c1-10-8-13(18-5)6-7-14(10)16(17-4)15-9-11(2)19-12(15)3/h6-9,16-17H,1-5H3. The summed E-state index contributed by atoms with van der Waals surface area (Å²) in [6.45, 7) is 6.08. The van der Waals surface area contributed by atoms with Crippen molar-refractivity contribution in [3.8, 4) is 5.75 Å². The Hall–Kier alpha value is -1.74. The average Bonchev–Trinajstić information content (AvgIpc) is 2.71. The van der Waals surface area contributed by atoms with Crippen LogP contribution in [-0.2, 0) is 0 Å². The van der Waals surface area contributed by atoms with Crippen LogP contribution in [0, 0.1) is 20.8 Å². The van der Waals surface area contributed by atoms with E-state index in [2.05, 4.69) is 30.4 Å². The number of nitrogens with one attached hydrogen (secondary N) is 1. The first-order valence-corrected chi connectivity index (χ1v) is 6.45. The van der Waals surface area contributed by atoms with Gasteiger partial charge in [-0.15, -0.1) is 0 Å². The molecule has 1 unspecified atom stereocenters. The summed E-state index contributed by atoms with van der Waals surface area (Å²) >= 11 is 0. The number of ether oxygens (including phenoxy) is 1. The van der Waals surface area contributed by atoms with Crippen molar-refractivity contribution in [1.29, 1.82) is 0 Å². The quantitative estimate of drug-likeness (QED) is 0.912. The Balaban J connectivity index is 2.45. The molecule has 0 saturated heterocycles. The summed E-state index contributed by atoms with van der Waals surface area (Å²) < 4.78 is 10.9. The van der Waals surface area contributed by atoms with E-state index in [1.807, 2.05) is 27.0 Å². The molecule has 0 amide bonds. The van der Waals surface area contributed by atoms with E-state index in [0.29, 0.717) is 0 Å². The van der Waals surface area contributed by atoms with Crippen molar-refractivity contribution >= 4 is 0 Å². The van der Waals surface area contributed by atoms with Crippen molar-refractivity contribution in [2.45, 2.75) is 26.8 Å². The third kappa shape index (κ3) is 2.66. The second-order valence-corrected chi connectivity index (χ2v) is 4.81. The van der Waals surface area contributed by atoms with Gasteiger partial charge in [0.05, 0.1) is 13.2 Å². The lowest BCUT2D eigenvalue weighted by Gasteiger charge is -2.19. The highest BCUT2D eigenvalue weighted by atomic mass is 16.5. The highest BCUT2D eigenvalue weighted by molar-refractivity contribution is 5.42. The van der Waals surface area contributed by atoms with Crippen LogP contribution in [0.4, 0.5) is 0 Å². The second-order valence-electron chi connectivity index (χ2n) is 4.81. The predicted molar refractivity (Wildman–Crippen MR) is 76.8 cm³/mol. The van der Waals surface area contributed by atoms with Gasteiger partial charge < -0.3 is 14.5 Å². The van der Waals surface area contributed by atoms with E-state index >= 15 is 0 Å². The van der Waals surface area contributed by atoms with E-state index < -0.39 is 0 Å². The summed E-state index contributed by atoms with van der Waals surface area (Å²) in [5, 5.41) is 3.37. The van der Waals surface area contributed by atoms with Crippen molar-refractivity contribution in [2.75, 3.05) is 14.2 Å². The third-order valence-corrected chi connectivity index (χ3v) is 3.47. The van der Waals surface area contributed by atoms with Gasteiger partial charge in [-0.2, -0.15) is 0 Å². The largest absolute Gasteiger partial charge is 0.497 e. The van der Waals surface area contributed by atoms with Crippen molar-refractivity contribution in [3.05, 3.63) is 52.5 Å². The third-order valence-electron chi connectivity index (χ3n) is 3.47. The van der Waals surface area contributed by atoms with E-state index in [1.54, 1.807) is 7.11 Å². The number of furan rings is 1. The molecule has 3 nitrogen and oxygen atoms in total. The Bertz CT molecular complexity index is 572. The summed E-state index contributed by atoms with van der Waals surface area (Å²) in [7, 11) is 3.66. The molecular formula is C16H21NO2. The molecule has 1 heterocycles. The Morgan fingerprint density at radius 2 is 1.84 bits per heavy atom. The molecule has 102 valence electrons. The lowest BCUT2D eigenvalue weighted by molar-refractivity contribution is 0.414. The molecule has 0 spiro atoms. The monoisotopic (exact) mass is 259 g/mol. The summed E-state index contributed by atoms with van der Waals surface area (Å²) in [5.41, 5.74) is 3.64. The van der Waals surface area contributed by atoms with Crippen LogP contribution in [0.2, 0.25) is 0 Å². The van der Waals surface area contributed by atoms with Gasteiger partial charge in [0.1, 0.15) is 17.3 Å². The number of rotatable bonds is 4. The molecule has 0 aliphatic carbocycles. The van der Waals surface area contributed by atoms with Gasteiger partial charge in [-0.25, -0.2) is 0 Å². The molecule has 2 rings (SSSR count). The molecule has 0 radical (unpaired) electrons. The van der Waals surface area contributed by atoms with Crippen LogP contribution in [0.25, 0.3) is 0 Å². The van der Waals surface area contributed by atoms with Gasteiger partial charge in [-0.3, -0.25) is 0 Å². The van der Waals surface area contributed by atoms with E-state index in [1.165, 1.54) is 16.7 Å². The molecule has 1 aromatic heterocycles. The van der Waals surface area contributed by atoms with Crippen LogP contribution in [-0.4, -0.2) is 14.2 Å². The van der Waals surface area contributed by atoms with Crippen LogP contribution in [0.5, 0.6) is 5.75 Å². The Morgan fingerprint density at radius 3 is 2.32 bits per heavy atom. The molecular weight excluding hydrogens is 238 g/mol. The molecule has 0 bridgehead atoms. The molecule has 1 N–H and O–H groups in total. The maximum Gasteiger partial charge on any atom is 0.119 e. The number of hydrogen-bond acceptors (Lipinski definition) is 3. The normalized spacial score (nSPS) is 12.5. The zero-order valence-corrected chi connectivity index (χ0v) is 12.2. The second kappa shape index (κ2) is 5.49. The van der Waals surface area contributed by atoms with E-state index in [9.17, 15) is 0 Å². The van der Waals surface area contributed by atoms with Gasteiger partial charge in [-0.1, -0.05) is 6.07 Å². The van der Waals surface area contributed by atoms with Gasteiger partial charge in [0, 0.05) is 5.56 Å². The van der Waals surface area contributed by atoms with E-state index in [4.69, 9.17) is 9.15 Å². The molecule has 3 heteroatoms. The van der Waals surface area contributed by atoms with Gasteiger partial charge >= 0.3 is 0 Å². The van der Waals surface area contributed by atoms with Gasteiger partial charge in [0.15, 0.2) is 0 Å². The lowest BCUT2D eigenvalue weighted by Crippen LogP contribution is -2.19. The molecule has 0 fully saturated rings. The summed E-state index contributed by atoms with van der Waals surface area (Å²) in [5.74, 6) is 2.79. The minimum atomic E-state index is 0.142. The Labute approximate surface area is 114 Å². The van der Waals surface area contributed by atoms with Crippen LogP contribution >= 0.6 is 0 Å². The van der Waals surface area contributed by atoms with Gasteiger partial charge in [0.25, 0.3) is 0 Å². The maximum absolute atomic E-state index is 5.64. The maximum atomic E-state index is 5.64. The number of hydrogen-bond donors (Lipinski definition) is 1. The van der Waals surface area contributed by atoms with Crippen LogP contribution in [0.15, 0.2) is 28.7 Å². The fourth-order valence-corrected chi connectivity index (χ4v) is 2.51. The zero-order chi connectivity index (χ0) is 14.0. The highest BCUT2D eigenvalue weighted by Gasteiger charge is 2.19. The topological polar surface area (TPSA) is 34.4 Å². The Kier molecular flexibility index (Phi) is 3.96. The number of aryl methyl sites for hydroxylation is 3. The molecule has 0 saturated carbocycles. The van der Waals surface area contributed by atoms with Gasteiger partial charge in [0.2, 0.25) is 0 Å². The van der Waals surface area contributed by atoms with Crippen molar-refractivity contribution in [3.63, 3.8) is 0 Å². The molecule has 0 aliphatic heterocycles. The fourth-order valence-electron chi connectivity index (χ4n) is 2.51. The average molecular weight is 259 g/mol. The highest BCUT2D eigenvalue weighted by Crippen LogP contribution is 2.30. The summed E-state index contributed by atoms with van der Waals surface area (Å²) in [6.07, 6.45) is 0. The van der Waals surface area contributed by atoms with Crippen LogP contribution in [0.1, 0.15) is 34.3 Å². The van der Waals surface area contributed by atoms with Crippen LogP contribution < -0.4 is 10.1 Å². The molecule has 0 aliphatic rings. The molecule has 1 aromatic carbocycles. The Morgan fingerprint density at radius 1 is 1.11 bits per heavy atom. The van der Waals surface area contributed by atoms with Crippen LogP contribution in [0.3, 0.4) is 0 Å². The first-order chi connectivity index (χ1) is 9.06. The first kappa shape index (κ1) is 13.7. The minimum absolute atomic E-state index is 0.142. The summed E-state index contributed by atoms with van der Waals surface area (Å²) in [4.78, 5) is 0.